The molecule has 1 heterocycles. The lowest BCUT2D eigenvalue weighted by Crippen LogP contribution is -2.18. The summed E-state index contributed by atoms with van der Waals surface area (Å²) in [5.74, 6) is 0.784. The van der Waals surface area contributed by atoms with Gasteiger partial charge in [0.2, 0.25) is 0 Å². The van der Waals surface area contributed by atoms with Crippen molar-refractivity contribution < 1.29 is 4.74 Å². The fraction of sp³-hybridized carbons (Fsp3) is 0.0667. The molecule has 1 aromatic heterocycles. The highest BCUT2D eigenvalue weighted by Gasteiger charge is 2.02. The number of hydrogen-bond acceptors (Lipinski definition) is 3. The van der Waals surface area contributed by atoms with Gasteiger partial charge in [0.05, 0.1) is 18.1 Å². The van der Waals surface area contributed by atoms with Crippen molar-refractivity contribution >= 4 is 39.7 Å². The first kappa shape index (κ1) is 14.2. The van der Waals surface area contributed by atoms with Crippen LogP contribution in [0.5, 0.6) is 5.75 Å². The molecule has 0 aliphatic rings. The second-order valence-electron chi connectivity index (χ2n) is 4.65. The first-order chi connectivity index (χ1) is 10.6. The van der Waals surface area contributed by atoms with Gasteiger partial charge >= 0.3 is 5.69 Å². The quantitative estimate of drug-likeness (QED) is 0.559. The van der Waals surface area contributed by atoms with Crippen LogP contribution in [0.25, 0.3) is 11.0 Å². The summed E-state index contributed by atoms with van der Waals surface area (Å²) in [6.07, 6.45) is 0. The molecule has 0 atom stereocenters. The molecular formula is C15H14N4O2S. The first-order valence-electron chi connectivity index (χ1n) is 6.58. The van der Waals surface area contributed by atoms with E-state index in [-0.39, 0.29) is 5.69 Å². The van der Waals surface area contributed by atoms with Gasteiger partial charge in [-0.2, -0.15) is 0 Å². The van der Waals surface area contributed by atoms with Gasteiger partial charge in [0.1, 0.15) is 5.75 Å². The van der Waals surface area contributed by atoms with Crippen molar-refractivity contribution in [2.45, 2.75) is 0 Å². The SMILES string of the molecule is COc1ccc(NC(=S)Nc2ccc3[nH]c(=O)[nH]c3c2)cc1. The molecule has 0 bridgehead atoms. The van der Waals surface area contributed by atoms with E-state index in [1.54, 1.807) is 7.11 Å². The van der Waals surface area contributed by atoms with Gasteiger partial charge in [0, 0.05) is 11.4 Å². The minimum atomic E-state index is -0.230. The highest BCUT2D eigenvalue weighted by atomic mass is 32.1. The lowest BCUT2D eigenvalue weighted by atomic mass is 10.3. The highest BCUT2D eigenvalue weighted by Crippen LogP contribution is 2.17. The van der Waals surface area contributed by atoms with Crippen molar-refractivity contribution in [1.82, 2.24) is 9.97 Å². The zero-order chi connectivity index (χ0) is 15.5. The first-order valence-corrected chi connectivity index (χ1v) is 6.99. The van der Waals surface area contributed by atoms with Crippen LogP contribution in [0.3, 0.4) is 0 Å². The molecule has 0 aliphatic heterocycles. The summed E-state index contributed by atoms with van der Waals surface area (Å²) in [5.41, 5.74) is 2.89. The van der Waals surface area contributed by atoms with Crippen LogP contribution in [0.4, 0.5) is 11.4 Å². The Balaban J connectivity index is 1.70. The van der Waals surface area contributed by atoms with E-state index in [1.807, 2.05) is 42.5 Å². The number of nitrogens with one attached hydrogen (secondary N) is 4. The van der Waals surface area contributed by atoms with Crippen molar-refractivity contribution in [3.05, 3.63) is 52.9 Å². The maximum atomic E-state index is 11.2. The van der Waals surface area contributed by atoms with E-state index in [1.165, 1.54) is 0 Å². The molecule has 0 saturated heterocycles. The van der Waals surface area contributed by atoms with E-state index in [4.69, 9.17) is 17.0 Å². The van der Waals surface area contributed by atoms with E-state index < -0.39 is 0 Å². The summed E-state index contributed by atoms with van der Waals surface area (Å²) in [6, 6.07) is 12.9. The van der Waals surface area contributed by atoms with Crippen molar-refractivity contribution in [1.29, 1.82) is 0 Å². The largest absolute Gasteiger partial charge is 0.497 e. The number of thiocarbonyl (C=S) groups is 1. The Bertz CT molecular complexity index is 867. The van der Waals surface area contributed by atoms with Crippen LogP contribution >= 0.6 is 12.2 Å². The second kappa shape index (κ2) is 5.90. The van der Waals surface area contributed by atoms with Gasteiger partial charge in [-0.1, -0.05) is 0 Å². The van der Waals surface area contributed by atoms with Crippen LogP contribution in [0.1, 0.15) is 0 Å². The van der Waals surface area contributed by atoms with Crippen molar-refractivity contribution in [3.63, 3.8) is 0 Å². The Hall–Kier alpha value is -2.80. The molecule has 0 amide bonds. The summed E-state index contributed by atoms with van der Waals surface area (Å²) in [7, 11) is 1.62. The number of imidazole rings is 1. The summed E-state index contributed by atoms with van der Waals surface area (Å²) in [5, 5.41) is 6.61. The van der Waals surface area contributed by atoms with Gasteiger partial charge in [-0.25, -0.2) is 4.79 Å². The zero-order valence-corrected chi connectivity index (χ0v) is 12.6. The highest BCUT2D eigenvalue weighted by molar-refractivity contribution is 7.80. The molecule has 0 fully saturated rings. The number of fused-ring (bicyclic) bond motifs is 1. The van der Waals surface area contributed by atoms with Gasteiger partial charge in [-0.05, 0) is 54.7 Å². The van der Waals surface area contributed by atoms with Crippen LogP contribution in [0.15, 0.2) is 47.3 Å². The number of anilines is 2. The molecule has 2 aromatic carbocycles. The number of rotatable bonds is 3. The maximum Gasteiger partial charge on any atom is 0.323 e. The van der Waals surface area contributed by atoms with Gasteiger partial charge in [0.25, 0.3) is 0 Å². The van der Waals surface area contributed by atoms with Gasteiger partial charge < -0.3 is 25.3 Å². The van der Waals surface area contributed by atoms with Crippen molar-refractivity contribution in [3.8, 4) is 5.75 Å². The maximum absolute atomic E-state index is 11.2. The van der Waals surface area contributed by atoms with Crippen LogP contribution in [0.2, 0.25) is 0 Å². The Morgan fingerprint density at radius 1 is 1.00 bits per heavy atom. The molecule has 0 aliphatic carbocycles. The Kier molecular flexibility index (Phi) is 3.80. The minimum Gasteiger partial charge on any atom is -0.497 e. The summed E-state index contributed by atoms with van der Waals surface area (Å²) < 4.78 is 5.10. The molecule has 0 unspecified atom stereocenters. The molecule has 0 spiro atoms. The molecule has 7 heteroatoms. The number of ether oxygens (including phenoxy) is 1. The smallest absolute Gasteiger partial charge is 0.323 e. The van der Waals surface area contributed by atoms with Crippen LogP contribution in [0, 0.1) is 0 Å². The molecule has 4 N–H and O–H groups in total. The van der Waals surface area contributed by atoms with Crippen molar-refractivity contribution in [2.75, 3.05) is 17.7 Å². The lowest BCUT2D eigenvalue weighted by Gasteiger charge is -2.11. The predicted molar refractivity (Wildman–Crippen MR) is 91.8 cm³/mol. The third-order valence-corrected chi connectivity index (χ3v) is 3.33. The lowest BCUT2D eigenvalue weighted by molar-refractivity contribution is 0.415. The van der Waals surface area contributed by atoms with Gasteiger partial charge in [-0.15, -0.1) is 0 Å². The van der Waals surface area contributed by atoms with E-state index >= 15 is 0 Å². The Morgan fingerprint density at radius 3 is 2.36 bits per heavy atom. The summed E-state index contributed by atoms with van der Waals surface area (Å²) >= 11 is 5.27. The van der Waals surface area contributed by atoms with Crippen LogP contribution in [-0.4, -0.2) is 22.2 Å². The number of hydrogen-bond donors (Lipinski definition) is 4. The van der Waals surface area contributed by atoms with Gasteiger partial charge in [-0.3, -0.25) is 0 Å². The number of methoxy groups -OCH3 is 1. The number of aromatic amines is 2. The standard InChI is InChI=1S/C15H14N4O2S/c1-21-11-5-2-9(3-6-11)16-15(22)17-10-4-7-12-13(8-10)19-14(20)18-12/h2-8H,1H3,(H2,16,17,22)(H2,18,19,20). The average Bonchev–Trinajstić information content (AvgIpc) is 2.87. The molecule has 3 aromatic rings. The van der Waals surface area contributed by atoms with Crippen LogP contribution < -0.4 is 21.1 Å². The van der Waals surface area contributed by atoms with E-state index in [0.717, 1.165) is 28.2 Å². The Morgan fingerprint density at radius 2 is 1.64 bits per heavy atom. The van der Waals surface area contributed by atoms with Gasteiger partial charge in [0.15, 0.2) is 5.11 Å². The fourth-order valence-electron chi connectivity index (χ4n) is 2.08. The Labute approximate surface area is 131 Å². The van der Waals surface area contributed by atoms with Crippen molar-refractivity contribution in [2.24, 2.45) is 0 Å². The monoisotopic (exact) mass is 314 g/mol. The third kappa shape index (κ3) is 3.09. The summed E-state index contributed by atoms with van der Waals surface area (Å²) in [4.78, 5) is 16.6. The average molecular weight is 314 g/mol. The summed E-state index contributed by atoms with van der Waals surface area (Å²) in [6.45, 7) is 0. The van der Waals surface area contributed by atoms with E-state index in [0.29, 0.717) is 5.11 Å². The van der Waals surface area contributed by atoms with E-state index in [2.05, 4.69) is 20.6 Å². The second-order valence-corrected chi connectivity index (χ2v) is 5.06. The molecule has 6 nitrogen and oxygen atoms in total. The topological polar surface area (TPSA) is 81.9 Å². The molecule has 112 valence electrons. The molecule has 0 radical (unpaired) electrons. The molecule has 22 heavy (non-hydrogen) atoms. The number of benzene rings is 2. The number of aromatic nitrogens is 2. The molecule has 0 saturated carbocycles. The van der Waals surface area contributed by atoms with Crippen LogP contribution in [-0.2, 0) is 0 Å². The molecule has 3 rings (SSSR count). The normalized spacial score (nSPS) is 10.4. The predicted octanol–water partition coefficient (Wildman–Crippen LogP) is 2.67. The fourth-order valence-corrected chi connectivity index (χ4v) is 2.31. The molecular weight excluding hydrogens is 300 g/mol. The minimum absolute atomic E-state index is 0.230. The number of H-pyrrole nitrogens is 2. The zero-order valence-electron chi connectivity index (χ0n) is 11.8. The van der Waals surface area contributed by atoms with E-state index in [9.17, 15) is 4.79 Å². The third-order valence-electron chi connectivity index (χ3n) is 3.12.